The molecule has 5 heterocycles. The fourth-order valence-electron chi connectivity index (χ4n) is 5.40. The molecule has 2 fully saturated rings. The molecular formula is C28H29FN8O3. The molecule has 11 nitrogen and oxygen atoms in total. The summed E-state index contributed by atoms with van der Waals surface area (Å²) in [6.07, 6.45) is 3.22. The Bertz CT molecular complexity index is 1700. The monoisotopic (exact) mass is 544 g/mol. The number of nitrogen functional groups attached to an aromatic ring is 1. The van der Waals surface area contributed by atoms with E-state index in [2.05, 4.69) is 20.3 Å². The van der Waals surface area contributed by atoms with Crippen LogP contribution in [0.25, 0.3) is 33.2 Å². The summed E-state index contributed by atoms with van der Waals surface area (Å²) < 4.78 is 31.1. The largest absolute Gasteiger partial charge is 0.491 e. The van der Waals surface area contributed by atoms with Crippen molar-refractivity contribution in [3.63, 3.8) is 0 Å². The van der Waals surface area contributed by atoms with Crippen molar-refractivity contribution in [3.05, 3.63) is 55.1 Å². The fourth-order valence-corrected chi connectivity index (χ4v) is 5.40. The van der Waals surface area contributed by atoms with Gasteiger partial charge < -0.3 is 30.2 Å². The first kappa shape index (κ1) is 24.7. The third-order valence-electron chi connectivity index (χ3n) is 7.87. The molecule has 1 aliphatic heterocycles. The van der Waals surface area contributed by atoms with Crippen LogP contribution in [-0.2, 0) is 4.74 Å². The van der Waals surface area contributed by atoms with Gasteiger partial charge in [0.15, 0.2) is 12.4 Å². The molecule has 4 N–H and O–H groups in total. The van der Waals surface area contributed by atoms with E-state index >= 15 is 4.39 Å². The summed E-state index contributed by atoms with van der Waals surface area (Å²) >= 11 is 0. The third-order valence-corrected chi connectivity index (χ3v) is 7.87. The van der Waals surface area contributed by atoms with Crippen molar-refractivity contribution < 1.29 is 19.0 Å². The highest BCUT2D eigenvalue weighted by Crippen LogP contribution is 2.40. The zero-order valence-corrected chi connectivity index (χ0v) is 21.8. The summed E-state index contributed by atoms with van der Waals surface area (Å²) in [4.78, 5) is 13.1. The summed E-state index contributed by atoms with van der Waals surface area (Å²) in [6, 6.07) is 11.7. The number of rotatable bonds is 7. The van der Waals surface area contributed by atoms with Crippen molar-refractivity contribution in [3.8, 4) is 17.0 Å². The van der Waals surface area contributed by atoms with E-state index in [1.165, 1.54) is 12.7 Å². The minimum absolute atomic E-state index is 0.0513. The van der Waals surface area contributed by atoms with Crippen LogP contribution in [0.2, 0.25) is 0 Å². The Balaban J connectivity index is 1.15. The van der Waals surface area contributed by atoms with Crippen molar-refractivity contribution in [2.45, 2.75) is 49.9 Å². The van der Waals surface area contributed by atoms with Gasteiger partial charge in [0.25, 0.3) is 0 Å². The number of benzene rings is 1. The quantitative estimate of drug-likeness (QED) is 0.279. The number of nitrogens with two attached hydrogens (primary N) is 1. The SMILES string of the molecule is CNc1ccc2ccc(OC[C@H]3O[C@@H](n4cc(-c5ccn(C6CCC6)n5)c5c(N)ncnc54)[C@@H](F)[C@@H]3O)cc2n1. The maximum atomic E-state index is 15.6. The Labute approximate surface area is 228 Å². The van der Waals surface area contributed by atoms with E-state index in [0.717, 1.165) is 29.6 Å². The van der Waals surface area contributed by atoms with Gasteiger partial charge in [-0.1, -0.05) is 0 Å². The molecule has 206 valence electrons. The maximum Gasteiger partial charge on any atom is 0.173 e. The highest BCUT2D eigenvalue weighted by molar-refractivity contribution is 5.99. The number of fused-ring (bicyclic) bond motifs is 2. The van der Waals surface area contributed by atoms with Crippen LogP contribution < -0.4 is 15.8 Å². The second-order valence-electron chi connectivity index (χ2n) is 10.3. The molecule has 7 rings (SSSR count). The summed E-state index contributed by atoms with van der Waals surface area (Å²) in [5.41, 5.74) is 8.79. The molecule has 0 spiro atoms. The fraction of sp³-hybridized carbons (Fsp3) is 0.357. The number of anilines is 2. The molecule has 0 unspecified atom stereocenters. The third kappa shape index (κ3) is 4.11. The predicted octanol–water partition coefficient (Wildman–Crippen LogP) is 3.87. The first-order valence-electron chi connectivity index (χ1n) is 13.4. The molecule has 1 saturated carbocycles. The van der Waals surface area contributed by atoms with E-state index in [1.807, 2.05) is 41.2 Å². The predicted molar refractivity (Wildman–Crippen MR) is 148 cm³/mol. The van der Waals surface area contributed by atoms with Gasteiger partial charge in [-0.2, -0.15) is 5.10 Å². The summed E-state index contributed by atoms with van der Waals surface area (Å²) in [7, 11) is 1.80. The second kappa shape index (κ2) is 9.72. The molecule has 1 aliphatic carbocycles. The molecule has 1 saturated heterocycles. The minimum atomic E-state index is -1.72. The first-order chi connectivity index (χ1) is 19.5. The van der Waals surface area contributed by atoms with E-state index < -0.39 is 24.6 Å². The van der Waals surface area contributed by atoms with E-state index in [-0.39, 0.29) is 12.4 Å². The molecule has 12 heteroatoms. The number of aliphatic hydroxyl groups is 1. The normalized spacial score (nSPS) is 23.1. The van der Waals surface area contributed by atoms with Crippen molar-refractivity contribution >= 4 is 33.6 Å². The summed E-state index contributed by atoms with van der Waals surface area (Å²) in [5.74, 6) is 1.54. The van der Waals surface area contributed by atoms with Gasteiger partial charge in [-0.05, 0) is 49.6 Å². The lowest BCUT2D eigenvalue weighted by Crippen LogP contribution is -2.32. The highest BCUT2D eigenvalue weighted by Gasteiger charge is 2.46. The number of nitrogens with zero attached hydrogens (tertiary/aromatic N) is 6. The minimum Gasteiger partial charge on any atom is -0.491 e. The number of aliphatic hydroxyl groups excluding tert-OH is 1. The molecule has 0 bridgehead atoms. The van der Waals surface area contributed by atoms with E-state index in [9.17, 15) is 5.11 Å². The smallest absolute Gasteiger partial charge is 0.173 e. The number of alkyl halides is 1. The lowest BCUT2D eigenvalue weighted by atomic mass is 9.93. The van der Waals surface area contributed by atoms with Crippen molar-refractivity contribution in [1.29, 1.82) is 0 Å². The van der Waals surface area contributed by atoms with Crippen molar-refractivity contribution in [2.24, 2.45) is 0 Å². The number of hydrogen-bond donors (Lipinski definition) is 3. The van der Waals surface area contributed by atoms with Crippen molar-refractivity contribution in [2.75, 3.05) is 24.7 Å². The molecule has 0 radical (unpaired) electrons. The lowest BCUT2D eigenvalue weighted by Gasteiger charge is -2.25. The van der Waals surface area contributed by atoms with Crippen LogP contribution in [0.15, 0.2) is 55.1 Å². The number of ether oxygens (including phenoxy) is 2. The highest BCUT2D eigenvalue weighted by atomic mass is 19.1. The molecule has 2 aliphatic rings. The van der Waals surface area contributed by atoms with Gasteiger partial charge in [-0.3, -0.25) is 4.68 Å². The number of aromatic nitrogens is 6. The molecular weight excluding hydrogens is 515 g/mol. The van der Waals surface area contributed by atoms with Crippen LogP contribution in [0.3, 0.4) is 0 Å². The van der Waals surface area contributed by atoms with Crippen LogP contribution in [0, 0.1) is 0 Å². The van der Waals surface area contributed by atoms with E-state index in [4.69, 9.17) is 20.3 Å². The van der Waals surface area contributed by atoms with Crippen LogP contribution in [0.4, 0.5) is 16.0 Å². The molecule has 5 aromatic rings. The van der Waals surface area contributed by atoms with Crippen LogP contribution in [0.1, 0.15) is 31.5 Å². The van der Waals surface area contributed by atoms with E-state index in [1.54, 1.807) is 23.9 Å². The van der Waals surface area contributed by atoms with Gasteiger partial charge >= 0.3 is 0 Å². The average molecular weight is 545 g/mol. The second-order valence-corrected chi connectivity index (χ2v) is 10.3. The molecule has 4 atom stereocenters. The van der Waals surface area contributed by atoms with Crippen molar-refractivity contribution in [1.82, 2.24) is 29.3 Å². The average Bonchev–Trinajstić information content (AvgIpc) is 3.63. The maximum absolute atomic E-state index is 15.6. The van der Waals surface area contributed by atoms with Gasteiger partial charge in [-0.25, -0.2) is 19.3 Å². The van der Waals surface area contributed by atoms with Gasteiger partial charge in [-0.15, -0.1) is 0 Å². The molecule has 40 heavy (non-hydrogen) atoms. The Morgan fingerprint density at radius 3 is 2.85 bits per heavy atom. The Kier molecular flexibility index (Phi) is 6.01. The van der Waals surface area contributed by atoms with Gasteiger partial charge in [0.05, 0.1) is 22.6 Å². The summed E-state index contributed by atoms with van der Waals surface area (Å²) in [5, 5.41) is 20.1. The number of halogens is 1. The topological polar surface area (TPSA) is 138 Å². The zero-order chi connectivity index (χ0) is 27.4. The summed E-state index contributed by atoms with van der Waals surface area (Å²) in [6.45, 7) is -0.0513. The number of hydrogen-bond acceptors (Lipinski definition) is 9. The molecule has 4 aromatic heterocycles. The first-order valence-corrected chi connectivity index (χ1v) is 13.4. The lowest BCUT2D eigenvalue weighted by molar-refractivity contribution is -0.0410. The Morgan fingerprint density at radius 1 is 1.20 bits per heavy atom. The number of pyridine rings is 1. The Morgan fingerprint density at radius 2 is 2.05 bits per heavy atom. The zero-order valence-electron chi connectivity index (χ0n) is 21.8. The standard InChI is InChI=1S/C28H29FN8O3/c1-31-22-8-6-15-5-7-17(11-20(15)34-22)39-13-21-25(38)24(29)28(40-21)36-12-18(23-26(30)32-14-33-27(23)36)19-9-10-37(35-19)16-3-2-4-16/h5-12,14,16,21,24-25,28,38H,2-4,13H2,1H3,(H,31,34)(H2,30,32,33)/t21-,24+,25-,28-/m1/s1. The Hall–Kier alpha value is -4.29. The number of nitrogens with one attached hydrogen (secondary N) is 1. The van der Waals surface area contributed by atoms with Gasteiger partial charge in [0.1, 0.15) is 48.2 Å². The van der Waals surface area contributed by atoms with E-state index in [0.29, 0.717) is 34.1 Å². The van der Waals surface area contributed by atoms with Crippen LogP contribution in [0.5, 0.6) is 5.75 Å². The van der Waals surface area contributed by atoms with Gasteiger partial charge in [0.2, 0.25) is 0 Å². The van der Waals surface area contributed by atoms with Gasteiger partial charge in [0, 0.05) is 36.5 Å². The van der Waals surface area contributed by atoms with Crippen LogP contribution in [-0.4, -0.2) is 66.4 Å². The molecule has 0 amide bonds. The van der Waals surface area contributed by atoms with Crippen LogP contribution >= 0.6 is 0 Å². The molecule has 1 aromatic carbocycles.